The summed E-state index contributed by atoms with van der Waals surface area (Å²) in [6, 6.07) is 21.0. The summed E-state index contributed by atoms with van der Waals surface area (Å²) in [4.78, 5) is 0. The van der Waals surface area contributed by atoms with E-state index in [1.54, 1.807) is 18.4 Å². The molecule has 6 heteroatoms. The number of hydrogen-bond acceptors (Lipinski definition) is 3. The smallest absolute Gasteiger partial charge is 0.417 e. The minimum Gasteiger partial charge on any atom is -0.489 e. The number of benzene rings is 3. The Hall–Kier alpha value is -3.74. The van der Waals surface area contributed by atoms with E-state index < -0.39 is 11.7 Å². The molecule has 0 aliphatic heterocycles. The normalized spacial score (nSPS) is 12.0. The van der Waals surface area contributed by atoms with Crippen LogP contribution in [0.25, 0.3) is 21.2 Å². The van der Waals surface area contributed by atoms with E-state index in [1.807, 2.05) is 42.5 Å². The minimum absolute atomic E-state index is 0.136. The predicted molar refractivity (Wildman–Crippen MR) is 129 cm³/mol. The summed E-state index contributed by atoms with van der Waals surface area (Å²) in [5.74, 6) is 6.43. The first-order valence-electron chi connectivity index (χ1n) is 10.6. The first kappa shape index (κ1) is 23.4. The molecule has 0 amide bonds. The molecule has 0 spiro atoms. The highest BCUT2D eigenvalue weighted by atomic mass is 32.1. The van der Waals surface area contributed by atoms with Crippen LogP contribution in [0.15, 0.2) is 72.1 Å². The zero-order valence-corrected chi connectivity index (χ0v) is 19.1. The van der Waals surface area contributed by atoms with Crippen LogP contribution in [-0.2, 0) is 12.8 Å². The van der Waals surface area contributed by atoms with Gasteiger partial charge in [-0.3, -0.25) is 0 Å². The first-order chi connectivity index (χ1) is 16.4. The van der Waals surface area contributed by atoms with Crippen molar-refractivity contribution in [1.29, 1.82) is 5.26 Å². The third-order valence-corrected chi connectivity index (χ3v) is 6.43. The van der Waals surface area contributed by atoms with E-state index in [-0.39, 0.29) is 18.1 Å². The lowest BCUT2D eigenvalue weighted by Gasteiger charge is -2.13. The Morgan fingerprint density at radius 3 is 2.47 bits per heavy atom. The average Bonchev–Trinajstić information content (AvgIpc) is 3.26. The maximum Gasteiger partial charge on any atom is 0.417 e. The first-order valence-corrected chi connectivity index (χ1v) is 11.5. The van der Waals surface area contributed by atoms with E-state index in [0.717, 1.165) is 27.3 Å². The Balaban J connectivity index is 1.56. The van der Waals surface area contributed by atoms with E-state index in [4.69, 9.17) is 10.00 Å². The van der Waals surface area contributed by atoms with Gasteiger partial charge in [0.25, 0.3) is 0 Å². The highest BCUT2D eigenvalue weighted by molar-refractivity contribution is 7.17. The van der Waals surface area contributed by atoms with Crippen LogP contribution in [0.5, 0.6) is 5.75 Å². The lowest BCUT2D eigenvalue weighted by atomic mass is 9.97. The van der Waals surface area contributed by atoms with Crippen molar-refractivity contribution in [1.82, 2.24) is 0 Å². The second kappa shape index (κ2) is 10.0. The van der Waals surface area contributed by atoms with Crippen molar-refractivity contribution in [2.24, 2.45) is 0 Å². The molecule has 0 bridgehead atoms. The van der Waals surface area contributed by atoms with Crippen molar-refractivity contribution in [3.63, 3.8) is 0 Å². The quantitative estimate of drug-likeness (QED) is 0.263. The van der Waals surface area contributed by atoms with Gasteiger partial charge < -0.3 is 4.74 Å². The molecule has 2 nitrogen and oxygen atoms in total. The molecule has 0 fully saturated rings. The molecular weight excluding hydrogens is 455 g/mol. The number of thiophene rings is 1. The van der Waals surface area contributed by atoms with Crippen LogP contribution in [0.2, 0.25) is 0 Å². The monoisotopic (exact) mass is 475 g/mol. The van der Waals surface area contributed by atoms with Crippen molar-refractivity contribution in [2.45, 2.75) is 32.0 Å². The zero-order chi connectivity index (χ0) is 24.1. The van der Waals surface area contributed by atoms with Crippen molar-refractivity contribution < 1.29 is 17.9 Å². The molecule has 4 rings (SSSR count). The van der Waals surface area contributed by atoms with Crippen LogP contribution in [0.1, 0.15) is 36.0 Å². The number of halogens is 3. The minimum atomic E-state index is -4.42. The zero-order valence-electron chi connectivity index (χ0n) is 18.3. The van der Waals surface area contributed by atoms with Crippen LogP contribution in [0.4, 0.5) is 13.2 Å². The summed E-state index contributed by atoms with van der Waals surface area (Å²) >= 11 is 1.42. The molecule has 34 heavy (non-hydrogen) atoms. The van der Waals surface area contributed by atoms with Gasteiger partial charge in [-0.05, 0) is 59.3 Å². The second-order valence-electron chi connectivity index (χ2n) is 7.69. The Morgan fingerprint density at radius 1 is 1.00 bits per heavy atom. The molecule has 0 saturated heterocycles. The van der Waals surface area contributed by atoms with E-state index in [0.29, 0.717) is 17.7 Å². The maximum atomic E-state index is 13.6. The molecule has 0 N–H and O–H groups in total. The van der Waals surface area contributed by atoms with Gasteiger partial charge in [0.15, 0.2) is 0 Å². The summed E-state index contributed by atoms with van der Waals surface area (Å²) in [6.45, 7) is 2.03. The summed E-state index contributed by atoms with van der Waals surface area (Å²) in [5, 5.41) is 11.5. The topological polar surface area (TPSA) is 33.0 Å². The summed E-state index contributed by atoms with van der Waals surface area (Å²) in [7, 11) is 0. The number of alkyl halides is 3. The van der Waals surface area contributed by atoms with E-state index in [9.17, 15) is 13.2 Å². The van der Waals surface area contributed by atoms with E-state index in [1.165, 1.54) is 23.5 Å². The van der Waals surface area contributed by atoms with Crippen molar-refractivity contribution in [2.75, 3.05) is 0 Å². The Kier molecular flexibility index (Phi) is 6.91. The molecular formula is C28H20F3NOS. The third-order valence-electron chi connectivity index (χ3n) is 5.46. The third kappa shape index (κ3) is 5.09. The Morgan fingerprint density at radius 2 is 1.76 bits per heavy atom. The van der Waals surface area contributed by atoms with E-state index >= 15 is 0 Å². The van der Waals surface area contributed by atoms with Crippen LogP contribution in [0.3, 0.4) is 0 Å². The summed E-state index contributed by atoms with van der Waals surface area (Å²) in [6.07, 6.45) is -4.10. The van der Waals surface area contributed by atoms with Gasteiger partial charge in [-0.1, -0.05) is 42.3 Å². The van der Waals surface area contributed by atoms with Gasteiger partial charge in [-0.25, -0.2) is 0 Å². The number of hydrogen-bond donors (Lipinski definition) is 0. The fraction of sp³-hybridized carbons (Fsp3) is 0.179. The van der Waals surface area contributed by atoms with Crippen LogP contribution < -0.4 is 4.74 Å². The van der Waals surface area contributed by atoms with Crippen molar-refractivity contribution in [3.8, 4) is 34.8 Å². The molecule has 0 saturated carbocycles. The van der Waals surface area contributed by atoms with Crippen LogP contribution >= 0.6 is 11.3 Å². The van der Waals surface area contributed by atoms with Gasteiger partial charge in [0, 0.05) is 15.6 Å². The molecule has 0 unspecified atom stereocenters. The number of nitriles is 1. The summed E-state index contributed by atoms with van der Waals surface area (Å²) < 4.78 is 47.5. The molecule has 1 heterocycles. The molecule has 3 aromatic carbocycles. The molecule has 1 aromatic heterocycles. The van der Waals surface area contributed by atoms with Crippen molar-refractivity contribution in [3.05, 3.63) is 88.8 Å². The lowest BCUT2D eigenvalue weighted by molar-refractivity contribution is -0.137. The molecule has 0 aliphatic carbocycles. The predicted octanol–water partition coefficient (Wildman–Crippen LogP) is 8.19. The number of rotatable bonds is 6. The highest BCUT2D eigenvalue weighted by Gasteiger charge is 2.33. The standard InChI is InChI=1S/C28H20F3NOS/c1-2-5-20(14-15-32)21-9-11-22(12-10-21)33-17-19-8-13-27-24(16-19)25(18-34-27)23-6-3-4-7-26(23)28(29,30)31/h3-4,6-13,16,18,20H,14,17H2,1H3/t20-/m0/s1. The van der Waals surface area contributed by atoms with E-state index in [2.05, 4.69) is 17.9 Å². The van der Waals surface area contributed by atoms with Gasteiger partial charge in [0.2, 0.25) is 0 Å². The molecule has 0 aliphatic rings. The number of ether oxygens (including phenoxy) is 1. The number of fused-ring (bicyclic) bond motifs is 1. The van der Waals surface area contributed by atoms with Gasteiger partial charge in [0.1, 0.15) is 12.4 Å². The van der Waals surface area contributed by atoms with Crippen molar-refractivity contribution >= 4 is 21.4 Å². The molecule has 1 atom stereocenters. The fourth-order valence-electron chi connectivity index (χ4n) is 3.82. The average molecular weight is 476 g/mol. The Bertz CT molecular complexity index is 1400. The number of nitrogens with zero attached hydrogens (tertiary/aromatic N) is 1. The SMILES string of the molecule is CC#C[C@@H](CC#N)c1ccc(OCc2ccc3scc(-c4ccccc4C(F)(F)F)c3c2)cc1. The maximum absolute atomic E-state index is 13.6. The second-order valence-corrected chi connectivity index (χ2v) is 8.60. The lowest BCUT2D eigenvalue weighted by Crippen LogP contribution is -2.06. The fourth-order valence-corrected chi connectivity index (χ4v) is 4.76. The Labute approximate surface area is 200 Å². The summed E-state index contributed by atoms with van der Waals surface area (Å²) in [5.41, 5.74) is 1.92. The van der Waals surface area contributed by atoms with Crippen LogP contribution in [0, 0.1) is 23.2 Å². The molecule has 170 valence electrons. The van der Waals surface area contributed by atoms with Crippen LogP contribution in [-0.4, -0.2) is 0 Å². The van der Waals surface area contributed by atoms with Gasteiger partial charge >= 0.3 is 6.18 Å². The highest BCUT2D eigenvalue weighted by Crippen LogP contribution is 2.41. The molecule has 0 radical (unpaired) electrons. The molecule has 4 aromatic rings. The largest absolute Gasteiger partial charge is 0.489 e. The van der Waals surface area contributed by atoms with Gasteiger partial charge in [-0.2, -0.15) is 18.4 Å². The van der Waals surface area contributed by atoms with Gasteiger partial charge in [-0.15, -0.1) is 17.3 Å². The van der Waals surface area contributed by atoms with Gasteiger partial charge in [0.05, 0.1) is 24.0 Å².